The Balaban J connectivity index is 2.50. The molecule has 0 aromatic heterocycles. The standard InChI is InChI=1S/C13H16N2O2/c1-10(12-6-4-3-5-7-12)8-9-14-15-11(2)13(16)17/h3-8,14H,9H2,1-2H3,(H,16,17)/b10-8+,15-11+. The van der Waals surface area contributed by atoms with Gasteiger partial charge in [-0.1, -0.05) is 36.4 Å². The molecule has 0 saturated heterocycles. The lowest BCUT2D eigenvalue weighted by Crippen LogP contribution is -2.15. The van der Waals surface area contributed by atoms with Crippen LogP contribution < -0.4 is 5.43 Å². The molecule has 0 aliphatic rings. The number of benzene rings is 1. The molecule has 0 spiro atoms. The van der Waals surface area contributed by atoms with E-state index in [2.05, 4.69) is 10.5 Å². The van der Waals surface area contributed by atoms with E-state index in [9.17, 15) is 4.79 Å². The van der Waals surface area contributed by atoms with Gasteiger partial charge in [0.25, 0.3) is 0 Å². The number of carboxylic acid groups (broad SMARTS) is 1. The van der Waals surface area contributed by atoms with Crippen molar-refractivity contribution in [2.45, 2.75) is 13.8 Å². The molecule has 0 heterocycles. The lowest BCUT2D eigenvalue weighted by molar-refractivity contribution is -0.129. The number of aliphatic carboxylic acids is 1. The van der Waals surface area contributed by atoms with Crippen LogP contribution in [0.3, 0.4) is 0 Å². The Morgan fingerprint density at radius 1 is 1.35 bits per heavy atom. The molecule has 0 unspecified atom stereocenters. The van der Waals surface area contributed by atoms with Crippen LogP contribution in [-0.4, -0.2) is 23.3 Å². The normalized spacial score (nSPS) is 12.4. The summed E-state index contributed by atoms with van der Waals surface area (Å²) in [6.07, 6.45) is 1.97. The van der Waals surface area contributed by atoms with Crippen LogP contribution in [0.5, 0.6) is 0 Å². The molecule has 0 atom stereocenters. The van der Waals surface area contributed by atoms with Crippen LogP contribution >= 0.6 is 0 Å². The molecule has 4 heteroatoms. The van der Waals surface area contributed by atoms with Crippen LogP contribution in [0.1, 0.15) is 19.4 Å². The van der Waals surface area contributed by atoms with Crippen molar-refractivity contribution in [2.75, 3.05) is 6.54 Å². The summed E-state index contributed by atoms with van der Waals surface area (Å²) in [5.74, 6) is -1.01. The smallest absolute Gasteiger partial charge is 0.351 e. The van der Waals surface area contributed by atoms with Crippen molar-refractivity contribution >= 4 is 17.3 Å². The van der Waals surface area contributed by atoms with E-state index in [0.29, 0.717) is 6.54 Å². The average Bonchev–Trinajstić information content (AvgIpc) is 2.35. The molecule has 17 heavy (non-hydrogen) atoms. The second-order valence-electron chi connectivity index (χ2n) is 3.62. The number of carbonyl (C=O) groups is 1. The van der Waals surface area contributed by atoms with Gasteiger partial charge in [-0.05, 0) is 25.0 Å². The van der Waals surface area contributed by atoms with Gasteiger partial charge in [0.2, 0.25) is 0 Å². The minimum Gasteiger partial charge on any atom is -0.477 e. The molecule has 1 rings (SSSR count). The quantitative estimate of drug-likeness (QED) is 0.464. The fraction of sp³-hybridized carbons (Fsp3) is 0.231. The molecule has 0 amide bonds. The lowest BCUT2D eigenvalue weighted by atomic mass is 10.1. The Bertz CT molecular complexity index is 436. The third-order valence-corrected chi connectivity index (χ3v) is 2.28. The van der Waals surface area contributed by atoms with E-state index in [1.807, 2.05) is 43.3 Å². The van der Waals surface area contributed by atoms with Gasteiger partial charge >= 0.3 is 5.97 Å². The van der Waals surface area contributed by atoms with E-state index in [4.69, 9.17) is 5.11 Å². The Labute approximate surface area is 101 Å². The average molecular weight is 232 g/mol. The number of hydrogen-bond acceptors (Lipinski definition) is 3. The predicted octanol–water partition coefficient (Wildman–Crippen LogP) is 2.14. The van der Waals surface area contributed by atoms with Gasteiger partial charge in [0, 0.05) is 0 Å². The number of carboxylic acids is 1. The van der Waals surface area contributed by atoms with Crippen LogP contribution in [0.4, 0.5) is 0 Å². The van der Waals surface area contributed by atoms with Gasteiger partial charge in [0.05, 0.1) is 6.54 Å². The second-order valence-corrected chi connectivity index (χ2v) is 3.62. The van der Waals surface area contributed by atoms with Crippen LogP contribution in [0.15, 0.2) is 41.5 Å². The van der Waals surface area contributed by atoms with Crippen molar-refractivity contribution < 1.29 is 9.90 Å². The molecule has 1 aromatic rings. The summed E-state index contributed by atoms with van der Waals surface area (Å²) in [7, 11) is 0. The molecule has 0 aliphatic carbocycles. The molecule has 0 radical (unpaired) electrons. The van der Waals surface area contributed by atoms with Crippen molar-refractivity contribution in [1.82, 2.24) is 5.43 Å². The molecule has 2 N–H and O–H groups in total. The molecule has 0 saturated carbocycles. The zero-order valence-electron chi connectivity index (χ0n) is 9.97. The Kier molecular flexibility index (Phi) is 4.94. The highest BCUT2D eigenvalue weighted by molar-refractivity contribution is 6.34. The number of hydrazone groups is 1. The minimum absolute atomic E-state index is 0.0516. The highest BCUT2D eigenvalue weighted by Gasteiger charge is 1.99. The zero-order chi connectivity index (χ0) is 12.7. The van der Waals surface area contributed by atoms with Crippen LogP contribution in [0.2, 0.25) is 0 Å². The first-order valence-corrected chi connectivity index (χ1v) is 5.34. The summed E-state index contributed by atoms with van der Waals surface area (Å²) < 4.78 is 0. The van der Waals surface area contributed by atoms with Gasteiger partial charge in [-0.3, -0.25) is 0 Å². The van der Waals surface area contributed by atoms with Gasteiger partial charge in [0.1, 0.15) is 5.71 Å². The van der Waals surface area contributed by atoms with Crippen molar-refractivity contribution in [1.29, 1.82) is 0 Å². The van der Waals surface area contributed by atoms with Gasteiger partial charge in [-0.2, -0.15) is 5.10 Å². The highest BCUT2D eigenvalue weighted by Crippen LogP contribution is 2.11. The maximum Gasteiger partial charge on any atom is 0.351 e. The van der Waals surface area contributed by atoms with Gasteiger partial charge < -0.3 is 10.5 Å². The van der Waals surface area contributed by atoms with Gasteiger partial charge in [0.15, 0.2) is 0 Å². The van der Waals surface area contributed by atoms with Gasteiger partial charge in [-0.25, -0.2) is 4.79 Å². The van der Waals surface area contributed by atoms with E-state index in [1.54, 1.807) is 0 Å². The summed E-state index contributed by atoms with van der Waals surface area (Å²) in [6, 6.07) is 9.98. The number of hydrogen-bond donors (Lipinski definition) is 2. The van der Waals surface area contributed by atoms with E-state index in [0.717, 1.165) is 11.1 Å². The van der Waals surface area contributed by atoms with Crippen LogP contribution in [0.25, 0.3) is 5.57 Å². The van der Waals surface area contributed by atoms with Crippen molar-refractivity contribution in [2.24, 2.45) is 5.10 Å². The first-order valence-electron chi connectivity index (χ1n) is 5.34. The molecule has 0 fully saturated rings. The summed E-state index contributed by atoms with van der Waals surface area (Å²) in [6.45, 7) is 3.96. The Morgan fingerprint density at radius 3 is 2.59 bits per heavy atom. The number of nitrogens with zero attached hydrogens (tertiary/aromatic N) is 1. The molecule has 90 valence electrons. The monoisotopic (exact) mass is 232 g/mol. The molecule has 0 aliphatic heterocycles. The van der Waals surface area contributed by atoms with E-state index >= 15 is 0 Å². The molecule has 0 bridgehead atoms. The minimum atomic E-state index is -1.01. The van der Waals surface area contributed by atoms with E-state index < -0.39 is 5.97 Å². The third kappa shape index (κ3) is 4.51. The zero-order valence-corrected chi connectivity index (χ0v) is 9.97. The molecule has 1 aromatic carbocycles. The van der Waals surface area contributed by atoms with Crippen molar-refractivity contribution in [3.05, 3.63) is 42.0 Å². The van der Waals surface area contributed by atoms with Gasteiger partial charge in [-0.15, -0.1) is 0 Å². The van der Waals surface area contributed by atoms with E-state index in [1.165, 1.54) is 6.92 Å². The largest absolute Gasteiger partial charge is 0.477 e. The highest BCUT2D eigenvalue weighted by atomic mass is 16.4. The summed E-state index contributed by atoms with van der Waals surface area (Å²) in [4.78, 5) is 10.5. The van der Waals surface area contributed by atoms with E-state index in [-0.39, 0.29) is 5.71 Å². The third-order valence-electron chi connectivity index (χ3n) is 2.28. The predicted molar refractivity (Wildman–Crippen MR) is 68.8 cm³/mol. The Morgan fingerprint density at radius 2 is 2.00 bits per heavy atom. The molecular weight excluding hydrogens is 216 g/mol. The maximum absolute atomic E-state index is 10.5. The lowest BCUT2D eigenvalue weighted by Gasteiger charge is -2.01. The SMILES string of the molecule is C/C(=C\CN/N=C(\C)C(=O)O)c1ccccc1. The fourth-order valence-electron chi connectivity index (χ4n) is 1.23. The van der Waals surface area contributed by atoms with Crippen molar-refractivity contribution in [3.8, 4) is 0 Å². The Hall–Kier alpha value is -2.10. The van der Waals surface area contributed by atoms with Crippen LogP contribution in [-0.2, 0) is 4.79 Å². The summed E-state index contributed by atoms with van der Waals surface area (Å²) in [5.41, 5.74) is 5.02. The first kappa shape index (κ1) is 13.0. The molecular formula is C13H16N2O2. The van der Waals surface area contributed by atoms with Crippen LogP contribution in [0, 0.1) is 0 Å². The fourth-order valence-corrected chi connectivity index (χ4v) is 1.23. The second kappa shape index (κ2) is 6.48. The van der Waals surface area contributed by atoms with Crippen molar-refractivity contribution in [3.63, 3.8) is 0 Å². The summed E-state index contributed by atoms with van der Waals surface area (Å²) in [5, 5.41) is 12.3. The maximum atomic E-state index is 10.5. The number of allylic oxidation sites excluding steroid dienone is 1. The number of rotatable bonds is 5. The summed E-state index contributed by atoms with van der Waals surface area (Å²) >= 11 is 0. The first-order chi connectivity index (χ1) is 8.11. The number of nitrogens with one attached hydrogen (secondary N) is 1. The topological polar surface area (TPSA) is 61.7 Å². The molecule has 4 nitrogen and oxygen atoms in total.